The smallest absolute Gasteiger partial charge is 0.252 e. The van der Waals surface area contributed by atoms with Gasteiger partial charge in [-0.25, -0.2) is 4.39 Å². The maximum Gasteiger partial charge on any atom is 0.252 e. The van der Waals surface area contributed by atoms with E-state index in [-0.39, 0.29) is 16.6 Å². The number of carbonyl (C=O) groups excluding carboxylic acids is 1. The van der Waals surface area contributed by atoms with Crippen molar-refractivity contribution in [3.05, 3.63) is 34.1 Å². The minimum absolute atomic E-state index is 0.192. The van der Waals surface area contributed by atoms with Gasteiger partial charge in [0, 0.05) is 15.8 Å². The summed E-state index contributed by atoms with van der Waals surface area (Å²) in [5, 5.41) is 2.87. The van der Waals surface area contributed by atoms with E-state index in [1.807, 2.05) is 0 Å². The summed E-state index contributed by atoms with van der Waals surface area (Å²) in [6.07, 6.45) is 2.14. The van der Waals surface area contributed by atoms with E-state index < -0.39 is 0 Å². The molecule has 0 spiro atoms. The Kier molecular flexibility index (Phi) is 7.00. The molecule has 106 valence electrons. The quantitative estimate of drug-likeness (QED) is 0.706. The molecule has 0 saturated heterocycles. The van der Waals surface area contributed by atoms with Crippen molar-refractivity contribution in [2.24, 2.45) is 5.92 Å². The number of halogens is 3. The summed E-state index contributed by atoms with van der Waals surface area (Å²) in [5.74, 6) is -0.0157. The van der Waals surface area contributed by atoms with Gasteiger partial charge in [0.2, 0.25) is 0 Å². The average Bonchev–Trinajstić information content (AvgIpc) is 2.37. The zero-order valence-electron chi connectivity index (χ0n) is 11.1. The summed E-state index contributed by atoms with van der Waals surface area (Å²) in [6.45, 7) is 4.84. The van der Waals surface area contributed by atoms with Crippen LogP contribution in [0.3, 0.4) is 0 Å². The highest BCUT2D eigenvalue weighted by molar-refractivity contribution is 9.10. The lowest BCUT2D eigenvalue weighted by Gasteiger charge is -2.20. The molecule has 0 bridgehead atoms. The second kappa shape index (κ2) is 8.00. The van der Waals surface area contributed by atoms with Gasteiger partial charge in [0.05, 0.1) is 5.56 Å². The van der Waals surface area contributed by atoms with Crippen molar-refractivity contribution in [3.63, 3.8) is 0 Å². The highest BCUT2D eigenvalue weighted by Crippen LogP contribution is 2.21. The van der Waals surface area contributed by atoms with Gasteiger partial charge in [-0.2, -0.15) is 0 Å². The molecule has 0 radical (unpaired) electrons. The molecule has 1 aromatic carbocycles. The summed E-state index contributed by atoms with van der Waals surface area (Å²) in [4.78, 5) is 12.3. The highest BCUT2D eigenvalue weighted by Gasteiger charge is 2.17. The van der Waals surface area contributed by atoms with E-state index in [4.69, 9.17) is 0 Å². The average molecular weight is 395 g/mol. The van der Waals surface area contributed by atoms with Crippen LogP contribution in [0.4, 0.5) is 4.39 Å². The van der Waals surface area contributed by atoms with Crippen molar-refractivity contribution in [2.75, 3.05) is 6.54 Å². The molecule has 1 amide bonds. The molecule has 19 heavy (non-hydrogen) atoms. The molecule has 5 heteroatoms. The largest absolute Gasteiger partial charge is 0.351 e. The number of benzene rings is 1. The van der Waals surface area contributed by atoms with E-state index in [0.29, 0.717) is 22.5 Å². The van der Waals surface area contributed by atoms with Crippen LogP contribution in [0.25, 0.3) is 0 Å². The number of hydrogen-bond donors (Lipinski definition) is 1. The van der Waals surface area contributed by atoms with Gasteiger partial charge >= 0.3 is 0 Å². The van der Waals surface area contributed by atoms with Gasteiger partial charge in [-0.3, -0.25) is 4.79 Å². The summed E-state index contributed by atoms with van der Waals surface area (Å²) >= 11 is 6.81. The zero-order valence-corrected chi connectivity index (χ0v) is 14.2. The number of alkyl halides is 1. The lowest BCUT2D eigenvalue weighted by Crippen LogP contribution is -2.33. The first-order valence-corrected chi connectivity index (χ1v) is 8.07. The van der Waals surface area contributed by atoms with Crippen LogP contribution in [0.1, 0.15) is 37.0 Å². The first-order valence-electron chi connectivity index (χ1n) is 6.36. The Morgan fingerprint density at radius 3 is 2.53 bits per heavy atom. The van der Waals surface area contributed by atoms with Crippen LogP contribution in [0, 0.1) is 11.7 Å². The lowest BCUT2D eigenvalue weighted by molar-refractivity contribution is 0.0951. The normalized spacial score (nSPS) is 12.5. The van der Waals surface area contributed by atoms with E-state index in [2.05, 4.69) is 51.0 Å². The topological polar surface area (TPSA) is 29.1 Å². The predicted molar refractivity (Wildman–Crippen MR) is 83.2 cm³/mol. The van der Waals surface area contributed by atoms with Crippen LogP contribution in [0.15, 0.2) is 22.7 Å². The highest BCUT2D eigenvalue weighted by atomic mass is 79.9. The van der Waals surface area contributed by atoms with Crippen LogP contribution in [-0.2, 0) is 0 Å². The fourth-order valence-electron chi connectivity index (χ4n) is 1.93. The number of amides is 1. The molecule has 1 aromatic rings. The van der Waals surface area contributed by atoms with Crippen molar-refractivity contribution < 1.29 is 9.18 Å². The zero-order chi connectivity index (χ0) is 14.4. The van der Waals surface area contributed by atoms with E-state index >= 15 is 0 Å². The monoisotopic (exact) mass is 393 g/mol. The number of carbonyl (C=O) groups is 1. The Balaban J connectivity index is 2.60. The Morgan fingerprint density at radius 1 is 1.37 bits per heavy atom. The van der Waals surface area contributed by atoms with Crippen molar-refractivity contribution in [3.8, 4) is 0 Å². The predicted octanol–water partition coefficient (Wildman–Crippen LogP) is 4.52. The van der Waals surface area contributed by atoms with E-state index in [0.717, 1.165) is 12.8 Å². The molecule has 1 N–H and O–H groups in total. The van der Waals surface area contributed by atoms with Crippen LogP contribution >= 0.6 is 31.9 Å². The number of rotatable bonds is 6. The Bertz CT molecular complexity index is 435. The SMILES string of the molecule is CCC(CC)C(Br)CNC(=O)c1ccc(F)cc1Br. The molecule has 0 aromatic heterocycles. The van der Waals surface area contributed by atoms with Crippen molar-refractivity contribution in [2.45, 2.75) is 31.5 Å². The molecule has 0 heterocycles. The summed E-state index contributed by atoms with van der Waals surface area (Å²) < 4.78 is 13.4. The summed E-state index contributed by atoms with van der Waals surface area (Å²) in [5.41, 5.74) is 0.450. The number of hydrogen-bond acceptors (Lipinski definition) is 1. The third-order valence-corrected chi connectivity index (χ3v) is 4.92. The molecule has 1 unspecified atom stereocenters. The molecular weight excluding hydrogens is 377 g/mol. The van der Waals surface area contributed by atoms with Crippen LogP contribution < -0.4 is 5.32 Å². The molecule has 2 nitrogen and oxygen atoms in total. The first-order chi connectivity index (χ1) is 8.99. The summed E-state index contributed by atoms with van der Waals surface area (Å²) in [7, 11) is 0. The molecule has 1 atom stereocenters. The fraction of sp³-hybridized carbons (Fsp3) is 0.500. The van der Waals surface area contributed by atoms with E-state index in [1.165, 1.54) is 18.2 Å². The van der Waals surface area contributed by atoms with Gasteiger partial charge in [-0.15, -0.1) is 0 Å². The van der Waals surface area contributed by atoms with E-state index in [9.17, 15) is 9.18 Å². The van der Waals surface area contributed by atoms with Gasteiger partial charge in [-0.1, -0.05) is 42.6 Å². The minimum Gasteiger partial charge on any atom is -0.351 e. The Morgan fingerprint density at radius 2 is 2.00 bits per heavy atom. The third kappa shape index (κ3) is 4.88. The van der Waals surface area contributed by atoms with Crippen LogP contribution in [0.5, 0.6) is 0 Å². The van der Waals surface area contributed by atoms with Crippen molar-refractivity contribution >= 4 is 37.8 Å². The maximum atomic E-state index is 13.0. The Labute approximate surface area is 130 Å². The molecule has 0 fully saturated rings. The van der Waals surface area contributed by atoms with Gasteiger partial charge < -0.3 is 5.32 Å². The maximum absolute atomic E-state index is 13.0. The molecule has 0 aliphatic rings. The summed E-state index contributed by atoms with van der Waals surface area (Å²) in [6, 6.07) is 4.06. The molecular formula is C14H18Br2FNO. The van der Waals surface area contributed by atoms with Crippen molar-refractivity contribution in [1.82, 2.24) is 5.32 Å². The van der Waals surface area contributed by atoms with E-state index in [1.54, 1.807) is 0 Å². The van der Waals surface area contributed by atoms with Crippen LogP contribution in [-0.4, -0.2) is 17.3 Å². The molecule has 0 saturated carbocycles. The van der Waals surface area contributed by atoms with Crippen LogP contribution in [0.2, 0.25) is 0 Å². The lowest BCUT2D eigenvalue weighted by atomic mass is 9.99. The van der Waals surface area contributed by atoms with Crippen molar-refractivity contribution in [1.29, 1.82) is 0 Å². The number of nitrogens with one attached hydrogen (secondary N) is 1. The molecule has 1 rings (SSSR count). The third-order valence-electron chi connectivity index (χ3n) is 3.19. The van der Waals surface area contributed by atoms with Gasteiger partial charge in [0.25, 0.3) is 5.91 Å². The molecule has 0 aliphatic heterocycles. The second-order valence-electron chi connectivity index (χ2n) is 4.43. The second-order valence-corrected chi connectivity index (χ2v) is 6.46. The van der Waals surface area contributed by atoms with Gasteiger partial charge in [0.15, 0.2) is 0 Å². The Hall–Kier alpha value is -0.420. The van der Waals surface area contributed by atoms with Gasteiger partial charge in [-0.05, 0) is 40.0 Å². The fourth-order valence-corrected chi connectivity index (χ4v) is 3.37. The standard InChI is InChI=1S/C14H18Br2FNO/c1-3-9(4-2)13(16)8-18-14(19)11-6-5-10(17)7-12(11)15/h5-7,9,13H,3-4,8H2,1-2H3,(H,18,19). The minimum atomic E-state index is -0.362. The first kappa shape index (κ1) is 16.6. The van der Waals surface area contributed by atoms with Gasteiger partial charge in [0.1, 0.15) is 5.82 Å². The molecule has 0 aliphatic carbocycles.